The van der Waals surface area contributed by atoms with Crippen molar-refractivity contribution >= 4 is 16.7 Å². The van der Waals surface area contributed by atoms with Crippen molar-refractivity contribution in [2.24, 2.45) is 5.92 Å². The first kappa shape index (κ1) is 16.6. The first-order chi connectivity index (χ1) is 11.6. The minimum absolute atomic E-state index is 0.243. The molecule has 6 nitrogen and oxygen atoms in total. The summed E-state index contributed by atoms with van der Waals surface area (Å²) in [4.78, 5) is 26.7. The van der Waals surface area contributed by atoms with E-state index in [0.29, 0.717) is 23.2 Å². The van der Waals surface area contributed by atoms with Crippen LogP contribution in [-0.2, 0) is 0 Å². The Bertz CT molecular complexity index is 765. The zero-order chi connectivity index (χ0) is 16.9. The Balaban J connectivity index is 1.63. The molecule has 2 aromatic rings. The van der Waals surface area contributed by atoms with Crippen LogP contribution in [0.2, 0.25) is 0 Å². The van der Waals surface area contributed by atoms with E-state index in [2.05, 4.69) is 27.3 Å². The molecular weight excluding hydrogens is 304 g/mol. The first-order valence-corrected chi connectivity index (χ1v) is 8.63. The van der Waals surface area contributed by atoms with Gasteiger partial charge in [-0.3, -0.25) is 9.59 Å². The zero-order valence-corrected chi connectivity index (χ0v) is 14.0. The maximum absolute atomic E-state index is 12.5. The molecule has 1 aliphatic heterocycles. The number of benzene rings is 1. The number of aromatic nitrogens is 2. The predicted octanol–water partition coefficient (Wildman–Crippen LogP) is 1.77. The van der Waals surface area contributed by atoms with Gasteiger partial charge < -0.3 is 10.2 Å². The highest BCUT2D eigenvalue weighted by Gasteiger charge is 2.17. The fraction of sp³-hybridized carbons (Fsp3) is 0.500. The number of amides is 1. The summed E-state index contributed by atoms with van der Waals surface area (Å²) in [5.74, 6) is 0.133. The lowest BCUT2D eigenvalue weighted by molar-refractivity contribution is 0.0938. The fourth-order valence-electron chi connectivity index (χ4n) is 3.29. The van der Waals surface area contributed by atoms with Gasteiger partial charge in [0.15, 0.2) is 5.69 Å². The van der Waals surface area contributed by atoms with Crippen LogP contribution in [0.25, 0.3) is 10.8 Å². The number of carbonyl (C=O) groups excluding carboxylic acids is 1. The van der Waals surface area contributed by atoms with Gasteiger partial charge in [-0.05, 0) is 37.9 Å². The van der Waals surface area contributed by atoms with Crippen molar-refractivity contribution in [2.45, 2.75) is 26.2 Å². The van der Waals surface area contributed by atoms with Crippen molar-refractivity contribution in [3.05, 3.63) is 40.3 Å². The van der Waals surface area contributed by atoms with Gasteiger partial charge in [0.25, 0.3) is 11.5 Å². The summed E-state index contributed by atoms with van der Waals surface area (Å²) in [6.07, 6.45) is 3.87. The van der Waals surface area contributed by atoms with Gasteiger partial charge in [-0.1, -0.05) is 31.5 Å². The largest absolute Gasteiger partial charge is 0.350 e. The number of hydrogen-bond acceptors (Lipinski definition) is 4. The molecule has 0 spiro atoms. The van der Waals surface area contributed by atoms with E-state index in [1.807, 2.05) is 0 Å². The van der Waals surface area contributed by atoms with E-state index in [1.165, 1.54) is 19.3 Å². The van der Waals surface area contributed by atoms with Gasteiger partial charge in [0.1, 0.15) is 0 Å². The Morgan fingerprint density at radius 3 is 2.71 bits per heavy atom. The number of carbonyl (C=O) groups is 1. The van der Waals surface area contributed by atoms with Crippen LogP contribution in [0.15, 0.2) is 29.1 Å². The molecule has 0 radical (unpaired) electrons. The van der Waals surface area contributed by atoms with Crippen molar-refractivity contribution in [3.8, 4) is 0 Å². The lowest BCUT2D eigenvalue weighted by Gasteiger charge is -2.29. The van der Waals surface area contributed by atoms with E-state index >= 15 is 0 Å². The Morgan fingerprint density at radius 2 is 1.96 bits per heavy atom. The number of nitrogens with one attached hydrogen (secondary N) is 2. The Morgan fingerprint density at radius 1 is 1.25 bits per heavy atom. The number of likely N-dealkylation sites (tertiary alicyclic amines) is 1. The second-order valence-electron chi connectivity index (χ2n) is 6.62. The van der Waals surface area contributed by atoms with Gasteiger partial charge in [0.05, 0.1) is 5.39 Å². The van der Waals surface area contributed by atoms with E-state index < -0.39 is 0 Å². The quantitative estimate of drug-likeness (QED) is 0.877. The molecule has 0 bridgehead atoms. The summed E-state index contributed by atoms with van der Waals surface area (Å²) < 4.78 is 0. The van der Waals surface area contributed by atoms with Gasteiger partial charge in [-0.15, -0.1) is 0 Å². The highest BCUT2D eigenvalue weighted by Crippen LogP contribution is 2.13. The lowest BCUT2D eigenvalue weighted by Crippen LogP contribution is -2.38. The molecule has 1 aliphatic rings. The van der Waals surface area contributed by atoms with Crippen molar-refractivity contribution in [1.82, 2.24) is 20.4 Å². The summed E-state index contributed by atoms with van der Waals surface area (Å²) in [5, 5.41) is 10.4. The average molecular weight is 328 g/mol. The van der Waals surface area contributed by atoms with Crippen molar-refractivity contribution < 1.29 is 4.79 Å². The van der Waals surface area contributed by atoms with E-state index in [-0.39, 0.29) is 17.2 Å². The molecule has 1 aromatic heterocycles. The smallest absolute Gasteiger partial charge is 0.272 e. The molecule has 1 amide bonds. The van der Waals surface area contributed by atoms with E-state index in [9.17, 15) is 9.59 Å². The number of rotatable bonds is 5. The number of fused-ring (bicyclic) bond motifs is 1. The normalized spacial score (nSPS) is 16.9. The maximum Gasteiger partial charge on any atom is 0.272 e. The topological polar surface area (TPSA) is 78.1 Å². The molecule has 2 N–H and O–H groups in total. The van der Waals surface area contributed by atoms with Crippen LogP contribution in [0.1, 0.15) is 36.7 Å². The van der Waals surface area contributed by atoms with Crippen LogP contribution >= 0.6 is 0 Å². The summed E-state index contributed by atoms with van der Waals surface area (Å²) in [6, 6.07) is 7.04. The van der Waals surface area contributed by atoms with Crippen LogP contribution in [0.4, 0.5) is 0 Å². The molecule has 3 rings (SSSR count). The van der Waals surface area contributed by atoms with Crippen LogP contribution in [0, 0.1) is 5.92 Å². The van der Waals surface area contributed by atoms with Gasteiger partial charge >= 0.3 is 0 Å². The standard InChI is InChI=1S/C18H24N4O2/c1-13(12-22-9-5-2-6-10-22)11-19-18(24)16-14-7-3-4-8-15(14)17(23)21-20-16/h3-4,7-8,13H,2,5-6,9-12H2,1H3,(H,19,24)(H,21,23)/t13-/m0/s1. The van der Waals surface area contributed by atoms with Crippen LogP contribution in [0.3, 0.4) is 0 Å². The third kappa shape index (κ3) is 3.82. The van der Waals surface area contributed by atoms with Gasteiger partial charge in [-0.2, -0.15) is 5.10 Å². The highest BCUT2D eigenvalue weighted by atomic mass is 16.2. The number of piperidine rings is 1. The van der Waals surface area contributed by atoms with Crippen molar-refractivity contribution in [3.63, 3.8) is 0 Å². The number of aromatic amines is 1. The molecule has 1 aromatic carbocycles. The molecule has 2 heterocycles. The Labute approximate surface area is 141 Å². The zero-order valence-electron chi connectivity index (χ0n) is 14.0. The molecule has 1 atom stereocenters. The first-order valence-electron chi connectivity index (χ1n) is 8.63. The van der Waals surface area contributed by atoms with Crippen LogP contribution in [-0.4, -0.2) is 47.2 Å². The summed E-state index contributed by atoms with van der Waals surface area (Å²) >= 11 is 0. The molecule has 24 heavy (non-hydrogen) atoms. The van der Waals surface area contributed by atoms with E-state index in [0.717, 1.165) is 19.6 Å². The number of nitrogens with zero attached hydrogens (tertiary/aromatic N) is 2. The third-order valence-electron chi connectivity index (χ3n) is 4.54. The molecule has 128 valence electrons. The molecular formula is C18H24N4O2. The SMILES string of the molecule is C[C@@H](CNC(=O)c1n[nH]c(=O)c2ccccc12)CN1CCCCC1. The summed E-state index contributed by atoms with van der Waals surface area (Å²) in [5.41, 5.74) is -0.00371. The van der Waals surface area contributed by atoms with Crippen molar-refractivity contribution in [2.75, 3.05) is 26.2 Å². The summed E-state index contributed by atoms with van der Waals surface area (Å²) in [7, 11) is 0. The van der Waals surface area contributed by atoms with Crippen molar-refractivity contribution in [1.29, 1.82) is 0 Å². The van der Waals surface area contributed by atoms with E-state index in [1.54, 1.807) is 24.3 Å². The number of hydrogen-bond donors (Lipinski definition) is 2. The average Bonchev–Trinajstić information content (AvgIpc) is 2.61. The molecule has 6 heteroatoms. The second-order valence-corrected chi connectivity index (χ2v) is 6.62. The third-order valence-corrected chi connectivity index (χ3v) is 4.54. The Hall–Kier alpha value is -2.21. The van der Waals surface area contributed by atoms with Gasteiger partial charge in [0.2, 0.25) is 0 Å². The van der Waals surface area contributed by atoms with Crippen LogP contribution < -0.4 is 10.9 Å². The lowest BCUT2D eigenvalue weighted by atomic mass is 10.1. The minimum atomic E-state index is -0.277. The number of H-pyrrole nitrogens is 1. The summed E-state index contributed by atoms with van der Waals surface area (Å²) in [6.45, 7) is 6.06. The molecule has 0 unspecified atom stereocenters. The van der Waals surface area contributed by atoms with Gasteiger partial charge in [-0.25, -0.2) is 5.10 Å². The molecule has 0 saturated carbocycles. The molecule has 1 saturated heterocycles. The maximum atomic E-state index is 12.5. The minimum Gasteiger partial charge on any atom is -0.350 e. The fourth-order valence-corrected chi connectivity index (χ4v) is 3.29. The van der Waals surface area contributed by atoms with Crippen LogP contribution in [0.5, 0.6) is 0 Å². The predicted molar refractivity (Wildman–Crippen MR) is 94.2 cm³/mol. The molecule has 1 fully saturated rings. The van der Waals surface area contributed by atoms with Gasteiger partial charge in [0, 0.05) is 18.5 Å². The van der Waals surface area contributed by atoms with E-state index in [4.69, 9.17) is 0 Å². The second kappa shape index (κ2) is 7.57. The Kier molecular flexibility index (Phi) is 5.25. The monoisotopic (exact) mass is 328 g/mol. The highest BCUT2D eigenvalue weighted by molar-refractivity contribution is 6.04. The molecule has 0 aliphatic carbocycles.